The zero-order chi connectivity index (χ0) is 17.3. The van der Waals surface area contributed by atoms with Crippen molar-refractivity contribution < 1.29 is 13.5 Å². The van der Waals surface area contributed by atoms with E-state index in [4.69, 9.17) is 4.74 Å². The average Bonchev–Trinajstić information content (AvgIpc) is 2.92. The average molecular weight is 330 g/mol. The lowest BCUT2D eigenvalue weighted by atomic mass is 10.3. The highest BCUT2D eigenvalue weighted by Gasteiger charge is 2.20. The van der Waals surface area contributed by atoms with Gasteiger partial charge in [-0.3, -0.25) is 0 Å². The molecule has 24 heavy (non-hydrogen) atoms. The fourth-order valence-corrected chi connectivity index (χ4v) is 2.32. The van der Waals surface area contributed by atoms with Gasteiger partial charge in [0.2, 0.25) is 0 Å². The molecule has 3 aromatic rings. The molecule has 124 valence electrons. The van der Waals surface area contributed by atoms with Crippen molar-refractivity contribution in [2.45, 2.75) is 26.9 Å². The van der Waals surface area contributed by atoms with Gasteiger partial charge < -0.3 is 4.74 Å². The summed E-state index contributed by atoms with van der Waals surface area (Å²) in [5.41, 5.74) is 0.838. The van der Waals surface area contributed by atoms with Crippen LogP contribution in [0.1, 0.15) is 30.4 Å². The summed E-state index contributed by atoms with van der Waals surface area (Å²) in [4.78, 5) is 8.77. The number of ether oxygens (including phenoxy) is 1. The van der Waals surface area contributed by atoms with E-state index in [0.717, 1.165) is 17.8 Å². The third-order valence-electron chi connectivity index (χ3n) is 3.39. The second-order valence-electron chi connectivity index (χ2n) is 5.40. The Morgan fingerprint density at radius 2 is 1.88 bits per heavy atom. The highest BCUT2D eigenvalue weighted by molar-refractivity contribution is 5.27. The molecule has 3 rings (SSSR count). The molecule has 0 aliphatic heterocycles. The van der Waals surface area contributed by atoms with E-state index in [0.29, 0.717) is 17.5 Å². The number of aryl methyl sites for hydroxylation is 2. The summed E-state index contributed by atoms with van der Waals surface area (Å²) >= 11 is 0. The Balaban J connectivity index is 1.94. The van der Waals surface area contributed by atoms with Gasteiger partial charge in [0.25, 0.3) is 0 Å². The summed E-state index contributed by atoms with van der Waals surface area (Å²) in [7, 11) is 0. The SMILES string of the molecule is Cc1cccc(-n2nc(C)nc2C(C)Oc2ccc(F)cc2F)n1. The van der Waals surface area contributed by atoms with Crippen LogP contribution in [0.25, 0.3) is 5.82 Å². The first-order valence-electron chi connectivity index (χ1n) is 7.43. The second-order valence-corrected chi connectivity index (χ2v) is 5.40. The summed E-state index contributed by atoms with van der Waals surface area (Å²) in [5, 5.41) is 4.33. The summed E-state index contributed by atoms with van der Waals surface area (Å²) in [6.07, 6.45) is -0.603. The highest BCUT2D eigenvalue weighted by atomic mass is 19.1. The highest BCUT2D eigenvalue weighted by Crippen LogP contribution is 2.25. The Bertz CT molecular complexity index is 879. The predicted molar refractivity (Wildman–Crippen MR) is 84.0 cm³/mol. The molecule has 0 saturated carbocycles. The Labute approximate surface area is 137 Å². The van der Waals surface area contributed by atoms with Gasteiger partial charge in [-0.1, -0.05) is 6.07 Å². The number of hydrogen-bond donors (Lipinski definition) is 0. The van der Waals surface area contributed by atoms with Crippen molar-refractivity contribution in [1.82, 2.24) is 19.7 Å². The number of halogens is 2. The van der Waals surface area contributed by atoms with Crippen LogP contribution < -0.4 is 4.74 Å². The van der Waals surface area contributed by atoms with Crippen molar-refractivity contribution in [3.63, 3.8) is 0 Å². The van der Waals surface area contributed by atoms with Crippen LogP contribution in [0.3, 0.4) is 0 Å². The van der Waals surface area contributed by atoms with Crippen LogP contribution in [0, 0.1) is 25.5 Å². The molecule has 1 unspecified atom stereocenters. The zero-order valence-corrected chi connectivity index (χ0v) is 13.5. The van der Waals surface area contributed by atoms with Crippen LogP contribution in [0.4, 0.5) is 8.78 Å². The number of hydrogen-bond acceptors (Lipinski definition) is 4. The van der Waals surface area contributed by atoms with Crippen LogP contribution in [-0.4, -0.2) is 19.7 Å². The van der Waals surface area contributed by atoms with E-state index < -0.39 is 17.7 Å². The molecule has 0 radical (unpaired) electrons. The van der Waals surface area contributed by atoms with E-state index in [1.54, 1.807) is 24.6 Å². The number of aromatic nitrogens is 4. The summed E-state index contributed by atoms with van der Waals surface area (Å²) in [6, 6.07) is 8.71. The van der Waals surface area contributed by atoms with Gasteiger partial charge in [0.15, 0.2) is 29.3 Å². The monoisotopic (exact) mass is 330 g/mol. The third kappa shape index (κ3) is 3.24. The molecule has 0 amide bonds. The summed E-state index contributed by atoms with van der Waals surface area (Å²) in [5.74, 6) is 0.153. The minimum Gasteiger partial charge on any atom is -0.480 e. The van der Waals surface area contributed by atoms with E-state index in [9.17, 15) is 8.78 Å². The van der Waals surface area contributed by atoms with E-state index in [1.165, 1.54) is 6.07 Å². The fourth-order valence-electron chi connectivity index (χ4n) is 2.32. The van der Waals surface area contributed by atoms with Gasteiger partial charge in [-0.05, 0) is 45.0 Å². The molecule has 0 aliphatic carbocycles. The molecule has 0 bridgehead atoms. The number of rotatable bonds is 4. The van der Waals surface area contributed by atoms with Gasteiger partial charge >= 0.3 is 0 Å². The molecule has 0 saturated heterocycles. The maximum Gasteiger partial charge on any atom is 0.174 e. The fraction of sp³-hybridized carbons (Fsp3) is 0.235. The van der Waals surface area contributed by atoms with Crippen molar-refractivity contribution in [3.8, 4) is 11.6 Å². The number of benzene rings is 1. The Hall–Kier alpha value is -2.83. The molecule has 5 nitrogen and oxygen atoms in total. The molecule has 0 N–H and O–H groups in total. The lowest BCUT2D eigenvalue weighted by Crippen LogP contribution is -2.13. The minimum atomic E-state index is -0.765. The molecular formula is C17H16F2N4O. The van der Waals surface area contributed by atoms with Gasteiger partial charge in [-0.2, -0.15) is 4.68 Å². The molecule has 0 fully saturated rings. The van der Waals surface area contributed by atoms with Crippen LogP contribution >= 0.6 is 0 Å². The first-order valence-corrected chi connectivity index (χ1v) is 7.43. The molecular weight excluding hydrogens is 314 g/mol. The molecule has 2 heterocycles. The largest absolute Gasteiger partial charge is 0.480 e. The predicted octanol–water partition coefficient (Wildman–Crippen LogP) is 3.70. The standard InChI is InChI=1S/C17H16F2N4O/c1-10-5-4-6-16(20-10)23-17(21-12(3)22-23)11(2)24-15-8-7-13(18)9-14(15)19/h4-9,11H,1-3H3. The van der Waals surface area contributed by atoms with Crippen molar-refractivity contribution in [3.05, 3.63) is 65.4 Å². The van der Waals surface area contributed by atoms with Crippen molar-refractivity contribution in [1.29, 1.82) is 0 Å². The van der Waals surface area contributed by atoms with Crippen LogP contribution in [0.5, 0.6) is 5.75 Å². The Morgan fingerprint density at radius 1 is 1.08 bits per heavy atom. The van der Waals surface area contributed by atoms with Crippen molar-refractivity contribution in [2.24, 2.45) is 0 Å². The first kappa shape index (κ1) is 16.0. The molecule has 1 atom stereocenters. The quantitative estimate of drug-likeness (QED) is 0.732. The smallest absolute Gasteiger partial charge is 0.174 e. The van der Waals surface area contributed by atoms with Gasteiger partial charge in [0, 0.05) is 11.8 Å². The maximum absolute atomic E-state index is 13.8. The van der Waals surface area contributed by atoms with Crippen molar-refractivity contribution in [2.75, 3.05) is 0 Å². The molecule has 0 spiro atoms. The Kier molecular flexibility index (Phi) is 4.24. The van der Waals surface area contributed by atoms with Gasteiger partial charge in [-0.25, -0.2) is 18.7 Å². The molecule has 2 aromatic heterocycles. The van der Waals surface area contributed by atoms with E-state index in [2.05, 4.69) is 15.1 Å². The lowest BCUT2D eigenvalue weighted by Gasteiger charge is -2.15. The lowest BCUT2D eigenvalue weighted by molar-refractivity contribution is 0.203. The van der Waals surface area contributed by atoms with Crippen LogP contribution in [-0.2, 0) is 0 Å². The van der Waals surface area contributed by atoms with E-state index in [1.807, 2.05) is 19.1 Å². The normalized spacial score (nSPS) is 12.2. The molecule has 0 aliphatic rings. The van der Waals surface area contributed by atoms with Gasteiger partial charge in [0.1, 0.15) is 11.6 Å². The third-order valence-corrected chi connectivity index (χ3v) is 3.39. The maximum atomic E-state index is 13.8. The Morgan fingerprint density at radius 3 is 2.58 bits per heavy atom. The second kappa shape index (κ2) is 6.35. The minimum absolute atomic E-state index is 0.0479. The van der Waals surface area contributed by atoms with Gasteiger partial charge in [0.05, 0.1) is 0 Å². The number of nitrogens with zero attached hydrogens (tertiary/aromatic N) is 4. The van der Waals surface area contributed by atoms with E-state index in [-0.39, 0.29) is 5.75 Å². The molecule has 7 heteroatoms. The topological polar surface area (TPSA) is 52.8 Å². The molecule has 1 aromatic carbocycles. The first-order chi connectivity index (χ1) is 11.4. The van der Waals surface area contributed by atoms with Crippen molar-refractivity contribution >= 4 is 0 Å². The number of pyridine rings is 1. The zero-order valence-electron chi connectivity index (χ0n) is 13.5. The summed E-state index contributed by atoms with van der Waals surface area (Å²) < 4.78 is 34.0. The van der Waals surface area contributed by atoms with Crippen LogP contribution in [0.2, 0.25) is 0 Å². The van der Waals surface area contributed by atoms with Crippen LogP contribution in [0.15, 0.2) is 36.4 Å². The summed E-state index contributed by atoms with van der Waals surface area (Å²) in [6.45, 7) is 5.35. The van der Waals surface area contributed by atoms with E-state index >= 15 is 0 Å². The van der Waals surface area contributed by atoms with Gasteiger partial charge in [-0.15, -0.1) is 5.10 Å².